The van der Waals surface area contributed by atoms with E-state index < -0.39 is 12.1 Å². The molecule has 33 heavy (non-hydrogen) atoms. The summed E-state index contributed by atoms with van der Waals surface area (Å²) in [7, 11) is 0. The first-order valence-corrected chi connectivity index (χ1v) is 11.8. The number of halogens is 3. The van der Waals surface area contributed by atoms with E-state index in [0.29, 0.717) is 25.4 Å². The molecule has 0 saturated heterocycles. The van der Waals surface area contributed by atoms with Gasteiger partial charge in [0.25, 0.3) is 0 Å². The second kappa shape index (κ2) is 10.0. The minimum Gasteiger partial charge on any atom is -0.488 e. The van der Waals surface area contributed by atoms with E-state index in [1.807, 2.05) is 30.3 Å². The van der Waals surface area contributed by atoms with Gasteiger partial charge in [-0.25, -0.2) is 0 Å². The maximum atomic E-state index is 12.9. The standard InChI is InChI=1S/C29H31F3O/c1-20(2)24-6-5-7-25(18-24)27-8-3-4-9-28(27)33-19-21-10-12-22(13-11-21)23-14-16-26(17-15-23)29(30,31)32/h3-13,18,20,23,26H,14-17,19H2,1-2H3/t23-,26+. The predicted octanol–water partition coefficient (Wildman–Crippen LogP) is 8.89. The zero-order chi connectivity index (χ0) is 23.4. The van der Waals surface area contributed by atoms with E-state index in [2.05, 4.69) is 56.3 Å². The number of ether oxygens (including phenoxy) is 1. The smallest absolute Gasteiger partial charge is 0.391 e. The summed E-state index contributed by atoms with van der Waals surface area (Å²) in [6.07, 6.45) is -2.40. The molecule has 0 aliphatic heterocycles. The molecule has 4 heteroatoms. The molecule has 3 aromatic carbocycles. The highest BCUT2D eigenvalue weighted by Crippen LogP contribution is 2.43. The van der Waals surface area contributed by atoms with Gasteiger partial charge < -0.3 is 4.74 Å². The van der Waals surface area contributed by atoms with Gasteiger partial charge in [-0.2, -0.15) is 13.2 Å². The summed E-state index contributed by atoms with van der Waals surface area (Å²) in [5, 5.41) is 0. The first kappa shape index (κ1) is 23.4. The molecule has 0 heterocycles. The van der Waals surface area contributed by atoms with Crippen molar-refractivity contribution in [2.24, 2.45) is 5.92 Å². The van der Waals surface area contributed by atoms with Crippen LogP contribution in [0, 0.1) is 5.92 Å². The van der Waals surface area contributed by atoms with Crippen LogP contribution in [0.25, 0.3) is 11.1 Å². The molecule has 0 bridgehead atoms. The summed E-state index contributed by atoms with van der Waals surface area (Å²) in [6, 6.07) is 24.8. The second-order valence-corrected chi connectivity index (χ2v) is 9.40. The van der Waals surface area contributed by atoms with Gasteiger partial charge in [0, 0.05) is 5.56 Å². The van der Waals surface area contributed by atoms with Crippen LogP contribution in [-0.4, -0.2) is 6.18 Å². The summed E-state index contributed by atoms with van der Waals surface area (Å²) in [5.41, 5.74) is 5.68. The van der Waals surface area contributed by atoms with Gasteiger partial charge in [-0.15, -0.1) is 0 Å². The van der Waals surface area contributed by atoms with Crippen LogP contribution in [-0.2, 0) is 6.61 Å². The van der Waals surface area contributed by atoms with Crippen molar-refractivity contribution in [2.75, 3.05) is 0 Å². The molecule has 0 aromatic heterocycles. The van der Waals surface area contributed by atoms with Crippen LogP contribution in [0.1, 0.15) is 68.1 Å². The van der Waals surface area contributed by atoms with Crippen molar-refractivity contribution in [3.05, 3.63) is 89.5 Å². The van der Waals surface area contributed by atoms with Crippen LogP contribution in [0.15, 0.2) is 72.8 Å². The molecule has 1 aliphatic rings. The van der Waals surface area contributed by atoms with Crippen molar-refractivity contribution in [3.63, 3.8) is 0 Å². The Kier molecular flexibility index (Phi) is 7.11. The number of para-hydroxylation sites is 1. The van der Waals surface area contributed by atoms with Gasteiger partial charge in [-0.1, -0.05) is 80.6 Å². The van der Waals surface area contributed by atoms with Crippen LogP contribution < -0.4 is 4.74 Å². The number of benzene rings is 3. The molecule has 4 rings (SSSR count). The fraction of sp³-hybridized carbons (Fsp3) is 0.379. The molecule has 0 unspecified atom stereocenters. The Labute approximate surface area is 194 Å². The van der Waals surface area contributed by atoms with Gasteiger partial charge in [0.2, 0.25) is 0 Å². The Morgan fingerprint density at radius 3 is 2.21 bits per heavy atom. The maximum Gasteiger partial charge on any atom is 0.391 e. The molecule has 174 valence electrons. The van der Waals surface area contributed by atoms with E-state index in [1.165, 1.54) is 5.56 Å². The number of alkyl halides is 3. The van der Waals surface area contributed by atoms with Crippen LogP contribution >= 0.6 is 0 Å². The third kappa shape index (κ3) is 5.79. The average molecular weight is 453 g/mol. The van der Waals surface area contributed by atoms with Crippen molar-refractivity contribution < 1.29 is 17.9 Å². The zero-order valence-electron chi connectivity index (χ0n) is 19.2. The van der Waals surface area contributed by atoms with E-state index >= 15 is 0 Å². The van der Waals surface area contributed by atoms with Crippen LogP contribution in [0.2, 0.25) is 0 Å². The summed E-state index contributed by atoms with van der Waals surface area (Å²) >= 11 is 0. The lowest BCUT2D eigenvalue weighted by molar-refractivity contribution is -0.182. The monoisotopic (exact) mass is 452 g/mol. The number of hydrogen-bond acceptors (Lipinski definition) is 1. The Morgan fingerprint density at radius 2 is 1.55 bits per heavy atom. The topological polar surface area (TPSA) is 9.23 Å². The molecule has 1 nitrogen and oxygen atoms in total. The Balaban J connectivity index is 1.40. The largest absolute Gasteiger partial charge is 0.488 e. The minimum absolute atomic E-state index is 0.215. The highest BCUT2D eigenvalue weighted by Gasteiger charge is 2.41. The van der Waals surface area contributed by atoms with Crippen molar-refractivity contribution >= 4 is 0 Å². The van der Waals surface area contributed by atoms with Crippen LogP contribution in [0.4, 0.5) is 13.2 Å². The van der Waals surface area contributed by atoms with Gasteiger partial charge in [0.1, 0.15) is 12.4 Å². The quantitative estimate of drug-likeness (QED) is 0.363. The van der Waals surface area contributed by atoms with Gasteiger partial charge in [0.15, 0.2) is 0 Å². The number of hydrogen-bond donors (Lipinski definition) is 0. The second-order valence-electron chi connectivity index (χ2n) is 9.40. The molecule has 0 atom stereocenters. The molecule has 0 radical (unpaired) electrons. The van der Waals surface area contributed by atoms with E-state index in [4.69, 9.17) is 4.74 Å². The Bertz CT molecular complexity index is 1040. The Morgan fingerprint density at radius 1 is 0.848 bits per heavy atom. The third-order valence-electron chi connectivity index (χ3n) is 6.79. The fourth-order valence-corrected chi connectivity index (χ4v) is 4.70. The van der Waals surface area contributed by atoms with Crippen LogP contribution in [0.3, 0.4) is 0 Å². The van der Waals surface area contributed by atoms with Crippen molar-refractivity contribution in [2.45, 2.75) is 64.1 Å². The molecular weight excluding hydrogens is 421 g/mol. The summed E-state index contributed by atoms with van der Waals surface area (Å²) in [4.78, 5) is 0. The van der Waals surface area contributed by atoms with Crippen molar-refractivity contribution in [1.82, 2.24) is 0 Å². The molecule has 1 saturated carbocycles. The molecule has 0 amide bonds. The highest BCUT2D eigenvalue weighted by atomic mass is 19.4. The van der Waals surface area contributed by atoms with Crippen LogP contribution in [0.5, 0.6) is 5.75 Å². The lowest BCUT2D eigenvalue weighted by atomic mass is 9.78. The van der Waals surface area contributed by atoms with Crippen molar-refractivity contribution in [1.29, 1.82) is 0 Å². The van der Waals surface area contributed by atoms with Gasteiger partial charge in [0.05, 0.1) is 5.92 Å². The molecule has 3 aromatic rings. The molecule has 0 spiro atoms. The average Bonchev–Trinajstić information content (AvgIpc) is 2.83. The predicted molar refractivity (Wildman–Crippen MR) is 127 cm³/mol. The summed E-state index contributed by atoms with van der Waals surface area (Å²) in [5.74, 6) is 0.378. The van der Waals surface area contributed by atoms with E-state index in [9.17, 15) is 13.2 Å². The maximum absolute atomic E-state index is 12.9. The van der Waals surface area contributed by atoms with E-state index in [1.54, 1.807) is 0 Å². The highest BCUT2D eigenvalue weighted by molar-refractivity contribution is 5.71. The Hall–Kier alpha value is -2.75. The lowest BCUT2D eigenvalue weighted by Crippen LogP contribution is -2.27. The zero-order valence-corrected chi connectivity index (χ0v) is 19.2. The van der Waals surface area contributed by atoms with E-state index in [0.717, 1.165) is 28.0 Å². The van der Waals surface area contributed by atoms with Gasteiger partial charge in [-0.3, -0.25) is 0 Å². The molecule has 0 N–H and O–H groups in total. The molecular formula is C29H31F3O. The normalized spacial score (nSPS) is 19.0. The minimum atomic E-state index is -4.06. The molecule has 1 fully saturated rings. The summed E-state index contributed by atoms with van der Waals surface area (Å²) < 4.78 is 45.0. The number of rotatable bonds is 6. The first-order chi connectivity index (χ1) is 15.8. The third-order valence-corrected chi connectivity index (χ3v) is 6.79. The lowest BCUT2D eigenvalue weighted by Gasteiger charge is -2.30. The van der Waals surface area contributed by atoms with Gasteiger partial charge >= 0.3 is 6.18 Å². The van der Waals surface area contributed by atoms with E-state index in [-0.39, 0.29) is 18.8 Å². The summed E-state index contributed by atoms with van der Waals surface area (Å²) in [6.45, 7) is 4.82. The van der Waals surface area contributed by atoms with Crippen molar-refractivity contribution in [3.8, 4) is 16.9 Å². The molecule has 1 aliphatic carbocycles. The SMILES string of the molecule is CC(C)c1cccc(-c2ccccc2OCc2ccc([C@H]3CC[C@@H](C(F)(F)F)CC3)cc2)c1. The fourth-order valence-electron chi connectivity index (χ4n) is 4.70. The van der Waals surface area contributed by atoms with Gasteiger partial charge in [-0.05, 0) is 65.8 Å². The first-order valence-electron chi connectivity index (χ1n) is 11.8.